The van der Waals surface area contributed by atoms with Crippen molar-refractivity contribution in [2.24, 2.45) is 0 Å². The van der Waals surface area contributed by atoms with Crippen LogP contribution in [0.25, 0.3) is 0 Å². The van der Waals surface area contributed by atoms with Crippen molar-refractivity contribution in [2.75, 3.05) is 0 Å². The van der Waals surface area contributed by atoms with E-state index >= 15 is 0 Å². The van der Waals surface area contributed by atoms with Crippen molar-refractivity contribution >= 4 is 11.9 Å². The van der Waals surface area contributed by atoms with Crippen LogP contribution in [0.1, 0.15) is 36.5 Å². The average molecular weight is 425 g/mol. The number of halogens is 4. The van der Waals surface area contributed by atoms with E-state index in [1.54, 1.807) is 0 Å². The number of hydrogen-bond donors (Lipinski definition) is 3. The molecule has 2 rings (SSSR count). The minimum Gasteiger partial charge on any atom is -0.350 e. The normalized spacial score (nSPS) is 12.2. The Balaban J connectivity index is 1.85. The Hall–Kier alpha value is -3.10. The molecule has 1 atom stereocenters. The van der Waals surface area contributed by atoms with Crippen molar-refractivity contribution in [2.45, 2.75) is 45.1 Å². The molecule has 2 aromatic carbocycles. The first-order valence-corrected chi connectivity index (χ1v) is 9.41. The standard InChI is InChI=1S/C21H23F4N3O2/c1-2-3-18(28-20(30)27-13-15-6-10-17(22)11-7-15)19(29)26-12-14-4-8-16(9-5-14)21(23,24)25/h4-11,18H,2-3,12-13H2,1H3,(H,26,29)(H2,27,28,30). The lowest BCUT2D eigenvalue weighted by Crippen LogP contribution is -2.49. The maximum absolute atomic E-state index is 12.9. The van der Waals surface area contributed by atoms with Gasteiger partial charge in [-0.15, -0.1) is 0 Å². The zero-order chi connectivity index (χ0) is 22.1. The minimum absolute atomic E-state index is 0.0378. The Morgan fingerprint density at radius 1 is 0.900 bits per heavy atom. The number of benzene rings is 2. The Morgan fingerprint density at radius 2 is 1.43 bits per heavy atom. The van der Waals surface area contributed by atoms with Crippen molar-refractivity contribution in [3.8, 4) is 0 Å². The molecule has 0 saturated heterocycles. The van der Waals surface area contributed by atoms with Crippen molar-refractivity contribution in [3.63, 3.8) is 0 Å². The summed E-state index contributed by atoms with van der Waals surface area (Å²) in [5.74, 6) is -0.815. The predicted molar refractivity (Wildman–Crippen MR) is 104 cm³/mol. The van der Waals surface area contributed by atoms with Crippen molar-refractivity contribution in [1.29, 1.82) is 0 Å². The van der Waals surface area contributed by atoms with Gasteiger partial charge in [0.05, 0.1) is 5.56 Å². The molecule has 0 aliphatic heterocycles. The second-order valence-electron chi connectivity index (χ2n) is 6.71. The Morgan fingerprint density at radius 3 is 1.97 bits per heavy atom. The maximum Gasteiger partial charge on any atom is 0.416 e. The molecule has 162 valence electrons. The van der Waals surface area contributed by atoms with Crippen LogP contribution in [0.2, 0.25) is 0 Å². The van der Waals surface area contributed by atoms with E-state index in [0.717, 1.165) is 12.1 Å². The number of hydrogen-bond acceptors (Lipinski definition) is 2. The molecular formula is C21H23F4N3O2. The zero-order valence-corrected chi connectivity index (χ0v) is 16.4. The van der Waals surface area contributed by atoms with Gasteiger partial charge in [-0.1, -0.05) is 37.6 Å². The third kappa shape index (κ3) is 7.38. The first-order valence-electron chi connectivity index (χ1n) is 9.41. The summed E-state index contributed by atoms with van der Waals surface area (Å²) >= 11 is 0. The predicted octanol–water partition coefficient (Wildman–Crippen LogP) is 4.13. The van der Waals surface area contributed by atoms with Gasteiger partial charge in [0.2, 0.25) is 5.91 Å². The van der Waals surface area contributed by atoms with Crippen LogP contribution in [0.3, 0.4) is 0 Å². The van der Waals surface area contributed by atoms with Gasteiger partial charge in [0.15, 0.2) is 0 Å². The van der Waals surface area contributed by atoms with Crippen LogP contribution in [0.15, 0.2) is 48.5 Å². The maximum atomic E-state index is 12.9. The highest BCUT2D eigenvalue weighted by Gasteiger charge is 2.30. The molecule has 3 N–H and O–H groups in total. The summed E-state index contributed by atoms with van der Waals surface area (Å²) in [6, 6.07) is 8.78. The first-order chi connectivity index (χ1) is 14.2. The molecule has 9 heteroatoms. The van der Waals surface area contributed by atoms with Crippen LogP contribution >= 0.6 is 0 Å². The van der Waals surface area contributed by atoms with Gasteiger partial charge >= 0.3 is 12.2 Å². The van der Waals surface area contributed by atoms with E-state index < -0.39 is 29.7 Å². The summed E-state index contributed by atoms with van der Waals surface area (Å²) in [6.45, 7) is 2.06. The molecule has 0 aromatic heterocycles. The third-order valence-electron chi connectivity index (χ3n) is 4.31. The highest BCUT2D eigenvalue weighted by molar-refractivity contribution is 5.86. The molecule has 0 bridgehead atoms. The summed E-state index contributed by atoms with van der Waals surface area (Å²) in [7, 11) is 0. The third-order valence-corrected chi connectivity index (χ3v) is 4.31. The van der Waals surface area contributed by atoms with E-state index in [1.807, 2.05) is 6.92 Å². The summed E-state index contributed by atoms with van der Waals surface area (Å²) in [4.78, 5) is 24.5. The summed E-state index contributed by atoms with van der Waals surface area (Å²) < 4.78 is 50.7. The van der Waals surface area contributed by atoms with Gasteiger partial charge in [0.1, 0.15) is 11.9 Å². The van der Waals surface area contributed by atoms with Gasteiger partial charge < -0.3 is 16.0 Å². The fourth-order valence-corrected chi connectivity index (χ4v) is 2.68. The Labute approximate surface area is 171 Å². The quantitative estimate of drug-likeness (QED) is 0.557. The van der Waals surface area contributed by atoms with E-state index in [1.165, 1.54) is 36.4 Å². The summed E-state index contributed by atoms with van der Waals surface area (Å²) in [5.41, 5.74) is 0.443. The summed E-state index contributed by atoms with van der Waals surface area (Å²) in [6.07, 6.45) is -3.39. The number of amides is 3. The van der Waals surface area contributed by atoms with E-state index in [9.17, 15) is 27.2 Å². The van der Waals surface area contributed by atoms with Crippen molar-refractivity contribution in [3.05, 3.63) is 71.0 Å². The van der Waals surface area contributed by atoms with Crippen LogP contribution < -0.4 is 16.0 Å². The van der Waals surface area contributed by atoms with Gasteiger partial charge in [-0.3, -0.25) is 4.79 Å². The molecule has 5 nitrogen and oxygen atoms in total. The van der Waals surface area contributed by atoms with Crippen LogP contribution in [0.4, 0.5) is 22.4 Å². The molecular weight excluding hydrogens is 402 g/mol. The number of rotatable bonds is 8. The molecule has 3 amide bonds. The zero-order valence-electron chi connectivity index (χ0n) is 16.4. The van der Waals surface area contributed by atoms with Crippen LogP contribution in [0.5, 0.6) is 0 Å². The monoisotopic (exact) mass is 425 g/mol. The fourth-order valence-electron chi connectivity index (χ4n) is 2.68. The van der Waals surface area contributed by atoms with Crippen molar-refractivity contribution in [1.82, 2.24) is 16.0 Å². The highest BCUT2D eigenvalue weighted by Crippen LogP contribution is 2.29. The number of carbonyl (C=O) groups excluding carboxylic acids is 2. The highest BCUT2D eigenvalue weighted by atomic mass is 19.4. The second-order valence-corrected chi connectivity index (χ2v) is 6.71. The molecule has 0 aliphatic carbocycles. The lowest BCUT2D eigenvalue weighted by Gasteiger charge is -2.18. The van der Waals surface area contributed by atoms with Gasteiger partial charge in [-0.2, -0.15) is 13.2 Å². The largest absolute Gasteiger partial charge is 0.416 e. The molecule has 0 fully saturated rings. The fraction of sp³-hybridized carbons (Fsp3) is 0.333. The number of carbonyl (C=O) groups is 2. The van der Waals surface area contributed by atoms with E-state index in [-0.39, 0.29) is 18.9 Å². The van der Waals surface area contributed by atoms with Crippen LogP contribution in [-0.2, 0) is 24.1 Å². The number of nitrogens with one attached hydrogen (secondary N) is 3. The molecule has 0 radical (unpaired) electrons. The molecule has 0 spiro atoms. The van der Waals surface area contributed by atoms with Crippen LogP contribution in [0, 0.1) is 5.82 Å². The van der Waals surface area contributed by atoms with Crippen LogP contribution in [-0.4, -0.2) is 18.0 Å². The average Bonchev–Trinajstić information content (AvgIpc) is 2.71. The molecule has 0 saturated carbocycles. The first kappa shape index (κ1) is 23.2. The van der Waals surface area contributed by atoms with Gasteiger partial charge in [0, 0.05) is 13.1 Å². The Kier molecular flexibility index (Phi) is 8.20. The smallest absolute Gasteiger partial charge is 0.350 e. The Bertz CT molecular complexity index is 837. The second kappa shape index (κ2) is 10.6. The SMILES string of the molecule is CCCC(NC(=O)NCc1ccc(F)cc1)C(=O)NCc1ccc(C(F)(F)F)cc1. The van der Waals surface area contributed by atoms with Gasteiger partial charge in [0.25, 0.3) is 0 Å². The molecule has 1 unspecified atom stereocenters. The molecule has 30 heavy (non-hydrogen) atoms. The van der Waals surface area contributed by atoms with E-state index in [0.29, 0.717) is 24.0 Å². The lowest BCUT2D eigenvalue weighted by atomic mass is 10.1. The molecule has 0 aliphatic rings. The van der Waals surface area contributed by atoms with E-state index in [4.69, 9.17) is 0 Å². The van der Waals surface area contributed by atoms with Gasteiger partial charge in [-0.05, 0) is 41.8 Å². The van der Waals surface area contributed by atoms with Crippen molar-refractivity contribution < 1.29 is 27.2 Å². The van der Waals surface area contributed by atoms with Gasteiger partial charge in [-0.25, -0.2) is 9.18 Å². The molecule has 0 heterocycles. The number of alkyl halides is 3. The number of urea groups is 1. The summed E-state index contributed by atoms with van der Waals surface area (Å²) in [5, 5.41) is 7.80. The lowest BCUT2D eigenvalue weighted by molar-refractivity contribution is -0.137. The molecule has 2 aromatic rings. The topological polar surface area (TPSA) is 70.2 Å². The van der Waals surface area contributed by atoms with E-state index in [2.05, 4.69) is 16.0 Å². The minimum atomic E-state index is -4.42.